The first-order chi connectivity index (χ1) is 8.19. The highest BCUT2D eigenvalue weighted by molar-refractivity contribution is 4.82. The Hall–Kier alpha value is -0.0800. The Balaban J connectivity index is 2.39. The summed E-state index contributed by atoms with van der Waals surface area (Å²) in [6, 6.07) is 1.09. The molecule has 0 aromatic rings. The fourth-order valence-electron chi connectivity index (χ4n) is 2.92. The van der Waals surface area contributed by atoms with Crippen molar-refractivity contribution in [3.05, 3.63) is 0 Å². The van der Waals surface area contributed by atoms with Crippen molar-refractivity contribution < 1.29 is 0 Å². The molecular formula is C15H32N2. The van der Waals surface area contributed by atoms with Gasteiger partial charge in [0.05, 0.1) is 0 Å². The molecule has 0 amide bonds. The Labute approximate surface area is 108 Å². The summed E-state index contributed by atoms with van der Waals surface area (Å²) >= 11 is 0. The molecule has 0 radical (unpaired) electrons. The predicted octanol–water partition coefficient (Wildman–Crippen LogP) is 3.40. The highest BCUT2D eigenvalue weighted by Gasteiger charge is 2.24. The van der Waals surface area contributed by atoms with Gasteiger partial charge in [0.1, 0.15) is 0 Å². The van der Waals surface area contributed by atoms with Crippen molar-refractivity contribution in [1.82, 2.24) is 4.90 Å². The minimum Gasteiger partial charge on any atom is -0.326 e. The molecule has 1 saturated carbocycles. The average molecular weight is 240 g/mol. The van der Waals surface area contributed by atoms with E-state index in [2.05, 4.69) is 25.7 Å². The molecule has 17 heavy (non-hydrogen) atoms. The second kappa shape index (κ2) is 8.10. The van der Waals surface area contributed by atoms with Crippen LogP contribution >= 0.6 is 0 Å². The first-order valence-corrected chi connectivity index (χ1v) is 7.68. The van der Waals surface area contributed by atoms with E-state index in [4.69, 9.17) is 5.73 Å². The van der Waals surface area contributed by atoms with E-state index < -0.39 is 0 Å². The van der Waals surface area contributed by atoms with Crippen molar-refractivity contribution >= 4 is 0 Å². The third-order valence-electron chi connectivity index (χ3n) is 4.46. The molecule has 0 heterocycles. The normalized spacial score (nSPS) is 21.0. The summed E-state index contributed by atoms with van der Waals surface area (Å²) in [5.74, 6) is 0.795. The van der Waals surface area contributed by atoms with E-state index in [0.29, 0.717) is 12.1 Å². The van der Waals surface area contributed by atoms with Crippen LogP contribution in [0.2, 0.25) is 0 Å². The second-order valence-corrected chi connectivity index (χ2v) is 5.81. The van der Waals surface area contributed by atoms with Crippen molar-refractivity contribution in [2.75, 3.05) is 13.1 Å². The van der Waals surface area contributed by atoms with Crippen LogP contribution in [0.1, 0.15) is 65.7 Å². The van der Waals surface area contributed by atoms with Gasteiger partial charge in [0, 0.05) is 18.6 Å². The summed E-state index contributed by atoms with van der Waals surface area (Å²) in [6.45, 7) is 9.24. The van der Waals surface area contributed by atoms with Crippen molar-refractivity contribution in [2.45, 2.75) is 77.8 Å². The van der Waals surface area contributed by atoms with E-state index >= 15 is 0 Å². The lowest BCUT2D eigenvalue weighted by molar-refractivity contribution is 0.172. The molecule has 0 aliphatic heterocycles. The Bertz CT molecular complexity index is 187. The van der Waals surface area contributed by atoms with Crippen molar-refractivity contribution in [1.29, 1.82) is 0 Å². The van der Waals surface area contributed by atoms with Gasteiger partial charge in [0.15, 0.2) is 0 Å². The minimum absolute atomic E-state index is 0.406. The minimum atomic E-state index is 0.406. The van der Waals surface area contributed by atoms with Gasteiger partial charge in [-0.2, -0.15) is 0 Å². The van der Waals surface area contributed by atoms with Gasteiger partial charge < -0.3 is 5.73 Å². The first kappa shape index (κ1) is 15.0. The van der Waals surface area contributed by atoms with E-state index in [1.165, 1.54) is 51.5 Å². The van der Waals surface area contributed by atoms with Crippen LogP contribution < -0.4 is 5.73 Å². The van der Waals surface area contributed by atoms with Crippen LogP contribution in [0.5, 0.6) is 0 Å². The Morgan fingerprint density at radius 2 is 1.88 bits per heavy atom. The zero-order valence-electron chi connectivity index (χ0n) is 12.1. The fraction of sp³-hybridized carbons (Fsp3) is 1.00. The Morgan fingerprint density at radius 3 is 2.41 bits per heavy atom. The number of nitrogens with zero attached hydrogens (tertiary/aromatic N) is 1. The number of hydrogen-bond donors (Lipinski definition) is 1. The van der Waals surface area contributed by atoms with Crippen molar-refractivity contribution in [2.24, 2.45) is 11.7 Å². The molecule has 2 heteroatoms. The molecule has 2 unspecified atom stereocenters. The zero-order chi connectivity index (χ0) is 12.7. The van der Waals surface area contributed by atoms with Gasteiger partial charge in [-0.15, -0.1) is 0 Å². The smallest absolute Gasteiger partial charge is 0.0196 e. The van der Waals surface area contributed by atoms with Crippen LogP contribution in [0.4, 0.5) is 0 Å². The quantitative estimate of drug-likeness (QED) is 0.704. The fourth-order valence-corrected chi connectivity index (χ4v) is 2.92. The molecule has 1 aliphatic rings. The number of hydrogen-bond acceptors (Lipinski definition) is 2. The molecule has 2 N–H and O–H groups in total. The summed E-state index contributed by atoms with van der Waals surface area (Å²) in [5, 5.41) is 0. The number of unbranched alkanes of at least 4 members (excludes halogenated alkanes) is 1. The highest BCUT2D eigenvalue weighted by atomic mass is 15.2. The van der Waals surface area contributed by atoms with E-state index in [-0.39, 0.29) is 0 Å². The third kappa shape index (κ3) is 4.97. The summed E-state index contributed by atoms with van der Waals surface area (Å²) in [5.41, 5.74) is 6.40. The van der Waals surface area contributed by atoms with Gasteiger partial charge in [0.2, 0.25) is 0 Å². The molecule has 0 spiro atoms. The highest BCUT2D eigenvalue weighted by Crippen LogP contribution is 2.27. The van der Waals surface area contributed by atoms with Gasteiger partial charge in [-0.1, -0.05) is 33.1 Å². The van der Waals surface area contributed by atoms with E-state index in [1.807, 2.05) is 0 Å². The lowest BCUT2D eigenvalue weighted by Gasteiger charge is -2.32. The summed E-state index contributed by atoms with van der Waals surface area (Å²) in [6.07, 6.45) is 9.36. The average Bonchev–Trinajstić information content (AvgIpc) is 2.87. The van der Waals surface area contributed by atoms with Gasteiger partial charge in [-0.3, -0.25) is 4.90 Å². The Kier molecular flexibility index (Phi) is 7.14. The second-order valence-electron chi connectivity index (χ2n) is 5.81. The largest absolute Gasteiger partial charge is 0.326 e. The molecule has 1 aliphatic carbocycles. The van der Waals surface area contributed by atoms with Crippen molar-refractivity contribution in [3.8, 4) is 0 Å². The third-order valence-corrected chi connectivity index (χ3v) is 4.46. The van der Waals surface area contributed by atoms with Crippen LogP contribution in [0, 0.1) is 5.92 Å². The van der Waals surface area contributed by atoms with Crippen LogP contribution in [-0.2, 0) is 0 Å². The lowest BCUT2D eigenvalue weighted by atomic mass is 9.97. The van der Waals surface area contributed by atoms with Crippen LogP contribution in [0.3, 0.4) is 0 Å². The van der Waals surface area contributed by atoms with Crippen LogP contribution in [0.15, 0.2) is 0 Å². The van der Waals surface area contributed by atoms with Crippen LogP contribution in [-0.4, -0.2) is 30.1 Å². The Morgan fingerprint density at radius 1 is 1.24 bits per heavy atom. The monoisotopic (exact) mass is 240 g/mol. The molecule has 0 saturated heterocycles. The molecule has 1 fully saturated rings. The molecule has 2 atom stereocenters. The molecule has 0 aromatic carbocycles. The molecule has 102 valence electrons. The van der Waals surface area contributed by atoms with Crippen LogP contribution in [0.25, 0.3) is 0 Å². The van der Waals surface area contributed by atoms with Gasteiger partial charge in [0.25, 0.3) is 0 Å². The molecule has 2 nitrogen and oxygen atoms in total. The standard InChI is InChI=1S/C15H32N2/c1-4-6-11-17(13(3)5-2)12-15(16)14-9-7-8-10-14/h13-15H,4-12,16H2,1-3H3. The van der Waals surface area contributed by atoms with E-state index in [1.54, 1.807) is 0 Å². The lowest BCUT2D eigenvalue weighted by Crippen LogP contribution is -2.45. The van der Waals surface area contributed by atoms with Crippen molar-refractivity contribution in [3.63, 3.8) is 0 Å². The maximum atomic E-state index is 6.40. The van der Waals surface area contributed by atoms with E-state index in [9.17, 15) is 0 Å². The van der Waals surface area contributed by atoms with E-state index in [0.717, 1.165) is 12.5 Å². The number of nitrogens with two attached hydrogens (primary N) is 1. The maximum absolute atomic E-state index is 6.40. The molecular weight excluding hydrogens is 208 g/mol. The van der Waals surface area contributed by atoms with Gasteiger partial charge >= 0.3 is 0 Å². The van der Waals surface area contributed by atoms with Gasteiger partial charge in [-0.25, -0.2) is 0 Å². The maximum Gasteiger partial charge on any atom is 0.0196 e. The summed E-state index contributed by atoms with van der Waals surface area (Å²) < 4.78 is 0. The first-order valence-electron chi connectivity index (χ1n) is 7.68. The summed E-state index contributed by atoms with van der Waals surface area (Å²) in [4.78, 5) is 2.62. The molecule has 1 rings (SSSR count). The number of rotatable bonds is 8. The predicted molar refractivity (Wildman–Crippen MR) is 76.2 cm³/mol. The summed E-state index contributed by atoms with van der Waals surface area (Å²) in [7, 11) is 0. The molecule has 0 bridgehead atoms. The van der Waals surface area contributed by atoms with Gasteiger partial charge in [-0.05, 0) is 45.1 Å². The zero-order valence-corrected chi connectivity index (χ0v) is 12.1. The SMILES string of the molecule is CCCCN(CC(N)C1CCCC1)C(C)CC. The topological polar surface area (TPSA) is 29.3 Å². The molecule has 0 aromatic heterocycles.